The Hall–Kier alpha value is 0.354. The largest absolute Gasteiger partial charge is 0.432 e. The molecule has 1 fully saturated rings. The summed E-state index contributed by atoms with van der Waals surface area (Å²) < 4.78 is 7.61. The zero-order valence-electron chi connectivity index (χ0n) is 1.91. The third kappa shape index (κ3) is 0.228. The van der Waals surface area contributed by atoms with Gasteiger partial charge in [-0.15, -0.1) is 0 Å². The standard InChI is InChI=1S/HNOSi2/c1-3-2-4-1/h1H. The fourth-order valence-corrected chi connectivity index (χ4v) is 0.459. The lowest BCUT2D eigenvalue weighted by atomic mass is 13.9. The molecule has 4 radical (unpaired) electrons. The van der Waals surface area contributed by atoms with Gasteiger partial charge in [-0.1, -0.05) is 0 Å². The van der Waals surface area contributed by atoms with Gasteiger partial charge in [0.2, 0.25) is 0 Å². The maximum Gasteiger partial charge on any atom is 0.320 e. The Labute approximate surface area is 29.6 Å². The average molecular weight is 87.2 g/mol. The Balaban J connectivity index is 2.00. The van der Waals surface area contributed by atoms with Crippen molar-refractivity contribution in [3.63, 3.8) is 0 Å². The predicted octanol–water partition coefficient (Wildman–Crippen LogP) is -1.33. The maximum absolute atomic E-state index is 4.67. The number of rotatable bonds is 0. The first kappa shape index (κ1) is 2.58. The van der Waals surface area contributed by atoms with E-state index in [4.69, 9.17) is 0 Å². The predicted molar refractivity (Wildman–Crippen MR) is 15.7 cm³/mol. The normalized spacial score (nSPS) is 24.0. The monoisotopic (exact) mass is 87.0 g/mol. The molecule has 0 spiro atoms. The second-order valence-electron chi connectivity index (χ2n) is 0.431. The van der Waals surface area contributed by atoms with Gasteiger partial charge in [-0.05, 0) is 0 Å². The molecule has 1 aliphatic rings. The van der Waals surface area contributed by atoms with E-state index in [1.807, 2.05) is 0 Å². The quantitative estimate of drug-likeness (QED) is 0.370. The lowest BCUT2D eigenvalue weighted by Gasteiger charge is -2.06. The van der Waals surface area contributed by atoms with Crippen LogP contribution in [-0.2, 0) is 4.12 Å². The van der Waals surface area contributed by atoms with E-state index in [1.54, 1.807) is 0 Å². The summed E-state index contributed by atoms with van der Waals surface area (Å²) in [5.74, 6) is 0. The molecule has 1 N–H and O–H groups in total. The van der Waals surface area contributed by atoms with Gasteiger partial charge in [0.1, 0.15) is 0 Å². The summed E-state index contributed by atoms with van der Waals surface area (Å²) >= 11 is 0. The smallest absolute Gasteiger partial charge is 0.320 e. The van der Waals surface area contributed by atoms with Crippen LogP contribution in [0.2, 0.25) is 0 Å². The second kappa shape index (κ2) is 0.980. The fraction of sp³-hybridized carbons (Fsp3) is 0. The molecule has 0 aromatic carbocycles. The molecule has 4 heavy (non-hydrogen) atoms. The van der Waals surface area contributed by atoms with Crippen molar-refractivity contribution in [2.45, 2.75) is 0 Å². The van der Waals surface area contributed by atoms with Crippen molar-refractivity contribution in [3.8, 4) is 0 Å². The zero-order valence-corrected chi connectivity index (χ0v) is 3.91. The Morgan fingerprint density at radius 2 is 1.75 bits per heavy atom. The molecule has 1 saturated heterocycles. The number of hydrogen-bond acceptors (Lipinski definition) is 2. The van der Waals surface area contributed by atoms with Crippen LogP contribution in [0.1, 0.15) is 0 Å². The molecule has 0 aromatic heterocycles. The van der Waals surface area contributed by atoms with E-state index < -0.39 is 0 Å². The van der Waals surface area contributed by atoms with E-state index in [9.17, 15) is 0 Å². The van der Waals surface area contributed by atoms with E-state index in [0.29, 0.717) is 19.8 Å². The van der Waals surface area contributed by atoms with Crippen LogP contribution < -0.4 is 4.65 Å². The highest BCUT2D eigenvalue weighted by Gasteiger charge is 2.00. The van der Waals surface area contributed by atoms with Crippen molar-refractivity contribution in [2.75, 3.05) is 0 Å². The third-order valence-corrected chi connectivity index (χ3v) is 1.84. The van der Waals surface area contributed by atoms with Gasteiger partial charge in [0, 0.05) is 0 Å². The first-order chi connectivity index (χ1) is 2.00. The van der Waals surface area contributed by atoms with Crippen LogP contribution in [0.3, 0.4) is 0 Å². The Bertz CT molecular complexity index is 14.0. The summed E-state index contributed by atoms with van der Waals surface area (Å²) in [4.78, 5) is 0. The average Bonchev–Trinajstić information content (AvgIpc) is 0.722. The summed E-state index contributed by atoms with van der Waals surface area (Å²) in [5, 5.41) is 0. The van der Waals surface area contributed by atoms with Crippen LogP contribution in [0.15, 0.2) is 0 Å². The zero-order chi connectivity index (χ0) is 2.83. The van der Waals surface area contributed by atoms with Crippen LogP contribution in [-0.4, -0.2) is 19.8 Å². The fourth-order valence-electron chi connectivity index (χ4n) is 0.0510. The Morgan fingerprint density at radius 1 is 1.50 bits per heavy atom. The minimum atomic E-state index is 0.583. The van der Waals surface area contributed by atoms with Gasteiger partial charge in [-0.2, -0.15) is 0 Å². The van der Waals surface area contributed by atoms with E-state index in [1.165, 1.54) is 0 Å². The molecule has 0 amide bonds. The van der Waals surface area contributed by atoms with Gasteiger partial charge in [-0.3, -0.25) is 0 Å². The van der Waals surface area contributed by atoms with Crippen molar-refractivity contribution in [3.05, 3.63) is 0 Å². The van der Waals surface area contributed by atoms with Gasteiger partial charge in [-0.25, -0.2) is 0 Å². The summed E-state index contributed by atoms with van der Waals surface area (Å²) in [6, 6.07) is 0. The van der Waals surface area contributed by atoms with Gasteiger partial charge < -0.3 is 8.76 Å². The highest BCUT2D eigenvalue weighted by Crippen LogP contribution is 1.64. The van der Waals surface area contributed by atoms with Gasteiger partial charge >= 0.3 is 19.8 Å². The first-order valence-electron chi connectivity index (χ1n) is 0.908. The van der Waals surface area contributed by atoms with Gasteiger partial charge in [0.15, 0.2) is 0 Å². The van der Waals surface area contributed by atoms with Crippen LogP contribution in [0.4, 0.5) is 0 Å². The molecule has 20 valence electrons. The van der Waals surface area contributed by atoms with Crippen LogP contribution in [0.5, 0.6) is 0 Å². The van der Waals surface area contributed by atoms with Crippen LogP contribution in [0, 0.1) is 0 Å². The van der Waals surface area contributed by atoms with Gasteiger partial charge in [0.05, 0.1) is 0 Å². The van der Waals surface area contributed by atoms with E-state index in [-0.39, 0.29) is 0 Å². The molecule has 0 unspecified atom stereocenters. The Kier molecular flexibility index (Phi) is 0.633. The molecule has 1 aliphatic heterocycles. The maximum atomic E-state index is 4.67. The molecular weight excluding hydrogens is 86.2 g/mol. The molecule has 0 atom stereocenters. The second-order valence-corrected chi connectivity index (χ2v) is 2.66. The highest BCUT2D eigenvalue weighted by molar-refractivity contribution is 6.57. The lowest BCUT2D eigenvalue weighted by molar-refractivity contribution is 0.576. The molecule has 0 bridgehead atoms. The molecule has 1 heterocycles. The van der Waals surface area contributed by atoms with Crippen LogP contribution >= 0.6 is 0 Å². The van der Waals surface area contributed by atoms with Crippen molar-refractivity contribution in [1.82, 2.24) is 4.65 Å². The van der Waals surface area contributed by atoms with Crippen molar-refractivity contribution in [1.29, 1.82) is 0 Å². The summed E-state index contributed by atoms with van der Waals surface area (Å²) in [6.45, 7) is 0. The number of nitrogens with one attached hydrogen (secondary N) is 1. The Morgan fingerprint density at radius 3 is 1.75 bits per heavy atom. The van der Waals surface area contributed by atoms with E-state index >= 15 is 0 Å². The lowest BCUT2D eigenvalue weighted by Crippen LogP contribution is -2.41. The minimum absolute atomic E-state index is 0.583. The summed E-state index contributed by atoms with van der Waals surface area (Å²) in [6.07, 6.45) is 0. The molecule has 0 aromatic rings. The molecule has 0 saturated carbocycles. The van der Waals surface area contributed by atoms with Gasteiger partial charge in [0.25, 0.3) is 0 Å². The molecule has 4 heteroatoms. The minimum Gasteiger partial charge on any atom is -0.432 e. The van der Waals surface area contributed by atoms with E-state index in [0.717, 1.165) is 0 Å². The molecule has 1 rings (SSSR count). The number of hydrogen-bond donors (Lipinski definition) is 1. The highest BCUT2D eigenvalue weighted by atomic mass is 28.4. The molecule has 0 aliphatic carbocycles. The third-order valence-electron chi connectivity index (χ3n) is 0.204. The van der Waals surface area contributed by atoms with Crippen LogP contribution in [0.25, 0.3) is 0 Å². The van der Waals surface area contributed by atoms with Crippen molar-refractivity contribution in [2.24, 2.45) is 0 Å². The van der Waals surface area contributed by atoms with Crippen molar-refractivity contribution < 1.29 is 4.12 Å². The summed E-state index contributed by atoms with van der Waals surface area (Å²) in [7, 11) is 1.17. The molecule has 2 nitrogen and oxygen atoms in total. The topological polar surface area (TPSA) is 21.3 Å². The van der Waals surface area contributed by atoms with Crippen molar-refractivity contribution >= 4 is 19.8 Å². The summed E-state index contributed by atoms with van der Waals surface area (Å²) in [5.41, 5.74) is 0. The first-order valence-corrected chi connectivity index (χ1v) is 2.72. The SMILES string of the molecule is N1[Si]O[Si]1. The molecular formula is HNOSi2. The van der Waals surface area contributed by atoms with E-state index in [2.05, 4.69) is 8.76 Å².